The lowest BCUT2D eigenvalue weighted by molar-refractivity contribution is 0.613. The van der Waals surface area contributed by atoms with Crippen LogP contribution in [-0.4, -0.2) is 6.04 Å². The van der Waals surface area contributed by atoms with Crippen molar-refractivity contribution in [2.24, 2.45) is 5.73 Å². The summed E-state index contributed by atoms with van der Waals surface area (Å²) in [6.07, 6.45) is 0.949. The molecule has 20 heavy (non-hydrogen) atoms. The maximum absolute atomic E-state index is 14.4. The highest BCUT2D eigenvalue weighted by molar-refractivity contribution is 5.71. The van der Waals surface area contributed by atoms with Gasteiger partial charge in [-0.25, -0.2) is 4.39 Å². The fraction of sp³-hybridized carbons (Fsp3) is 0.294. The highest BCUT2D eigenvalue weighted by atomic mass is 19.1. The number of hydrogen-bond donors (Lipinski definition) is 1. The normalized spacial score (nSPS) is 19.0. The Labute approximate surface area is 119 Å². The van der Waals surface area contributed by atoms with Crippen LogP contribution in [0.1, 0.15) is 31.0 Å². The van der Waals surface area contributed by atoms with Crippen LogP contribution in [-0.2, 0) is 6.42 Å². The van der Waals surface area contributed by atoms with Gasteiger partial charge in [-0.05, 0) is 49.6 Å². The van der Waals surface area contributed by atoms with Crippen molar-refractivity contribution in [2.45, 2.75) is 32.4 Å². The van der Waals surface area contributed by atoms with Crippen LogP contribution < -0.4 is 10.6 Å². The summed E-state index contributed by atoms with van der Waals surface area (Å²) in [7, 11) is 0. The first-order valence-corrected chi connectivity index (χ1v) is 7.00. The Morgan fingerprint density at radius 3 is 2.65 bits per heavy atom. The van der Waals surface area contributed by atoms with Crippen LogP contribution in [0, 0.1) is 5.82 Å². The highest BCUT2D eigenvalue weighted by Crippen LogP contribution is 2.39. The van der Waals surface area contributed by atoms with E-state index in [4.69, 9.17) is 5.73 Å². The number of fused-ring (bicyclic) bond motifs is 1. The van der Waals surface area contributed by atoms with Gasteiger partial charge in [0.1, 0.15) is 5.82 Å². The molecule has 0 amide bonds. The monoisotopic (exact) mass is 270 g/mol. The fourth-order valence-corrected chi connectivity index (χ4v) is 2.93. The predicted octanol–water partition coefficient (Wildman–Crippen LogP) is 3.93. The summed E-state index contributed by atoms with van der Waals surface area (Å²) in [5.41, 5.74) is 9.64. The number of benzene rings is 2. The van der Waals surface area contributed by atoms with Gasteiger partial charge in [-0.2, -0.15) is 0 Å². The van der Waals surface area contributed by atoms with Crippen molar-refractivity contribution in [3.05, 3.63) is 59.4 Å². The van der Waals surface area contributed by atoms with Crippen LogP contribution >= 0.6 is 0 Å². The third kappa shape index (κ3) is 2.08. The summed E-state index contributed by atoms with van der Waals surface area (Å²) in [5, 5.41) is 0. The second-order valence-corrected chi connectivity index (χ2v) is 5.55. The molecule has 0 saturated carbocycles. The quantitative estimate of drug-likeness (QED) is 0.896. The van der Waals surface area contributed by atoms with E-state index >= 15 is 0 Å². The van der Waals surface area contributed by atoms with Crippen LogP contribution in [0.5, 0.6) is 0 Å². The third-order valence-electron chi connectivity index (χ3n) is 3.96. The smallest absolute Gasteiger partial charge is 0.147 e. The van der Waals surface area contributed by atoms with Gasteiger partial charge in [0, 0.05) is 17.8 Å². The standard InChI is InChI=1S/C17H19FN2/c1-11-9-14-5-3-4-6-16(14)20(11)17-8-7-13(12(2)19)10-15(17)18/h3-8,10-12H,9,19H2,1-2H3/t11?,12-/m1/s1. The van der Waals surface area contributed by atoms with Gasteiger partial charge in [0.25, 0.3) is 0 Å². The molecular formula is C17H19FN2. The number of para-hydroxylation sites is 1. The molecule has 0 radical (unpaired) electrons. The Hall–Kier alpha value is -1.87. The minimum absolute atomic E-state index is 0.151. The molecule has 2 atom stereocenters. The van der Waals surface area contributed by atoms with E-state index in [1.165, 1.54) is 5.56 Å². The molecule has 0 spiro atoms. The molecule has 0 aromatic heterocycles. The van der Waals surface area contributed by atoms with Crippen molar-refractivity contribution < 1.29 is 4.39 Å². The maximum atomic E-state index is 14.4. The zero-order valence-electron chi connectivity index (χ0n) is 11.8. The molecule has 1 unspecified atom stereocenters. The molecule has 1 aliphatic rings. The predicted molar refractivity (Wildman–Crippen MR) is 80.7 cm³/mol. The minimum atomic E-state index is -0.205. The number of anilines is 2. The first-order valence-electron chi connectivity index (χ1n) is 7.00. The number of nitrogens with zero attached hydrogens (tertiary/aromatic N) is 1. The molecule has 1 aliphatic heterocycles. The fourth-order valence-electron chi connectivity index (χ4n) is 2.93. The molecule has 104 valence electrons. The Balaban J connectivity index is 2.05. The van der Waals surface area contributed by atoms with Crippen LogP contribution in [0.4, 0.5) is 15.8 Å². The zero-order valence-corrected chi connectivity index (χ0v) is 11.8. The molecule has 2 N–H and O–H groups in total. The molecule has 3 heteroatoms. The summed E-state index contributed by atoms with van der Waals surface area (Å²) < 4.78 is 14.4. The zero-order chi connectivity index (χ0) is 14.3. The molecule has 0 bridgehead atoms. The average Bonchev–Trinajstić information content (AvgIpc) is 2.74. The second-order valence-electron chi connectivity index (χ2n) is 5.55. The van der Waals surface area contributed by atoms with Crippen LogP contribution in [0.15, 0.2) is 42.5 Å². The summed E-state index contributed by atoms with van der Waals surface area (Å²) in [4.78, 5) is 2.08. The topological polar surface area (TPSA) is 29.3 Å². The molecule has 3 rings (SSSR count). The van der Waals surface area contributed by atoms with E-state index < -0.39 is 0 Å². The molecule has 0 saturated heterocycles. The molecule has 1 heterocycles. The number of halogens is 1. The minimum Gasteiger partial charge on any atom is -0.336 e. The van der Waals surface area contributed by atoms with Gasteiger partial charge in [-0.15, -0.1) is 0 Å². The molecule has 2 nitrogen and oxygen atoms in total. The summed E-state index contributed by atoms with van der Waals surface area (Å²) in [6, 6.07) is 13.6. The van der Waals surface area contributed by atoms with Crippen molar-refractivity contribution in [3.63, 3.8) is 0 Å². The second kappa shape index (κ2) is 4.91. The summed E-state index contributed by atoms with van der Waals surface area (Å²) in [5.74, 6) is -0.205. The first kappa shape index (κ1) is 13.1. The van der Waals surface area contributed by atoms with Crippen LogP contribution in [0.2, 0.25) is 0 Å². The Bertz CT molecular complexity index is 637. The summed E-state index contributed by atoms with van der Waals surface area (Å²) >= 11 is 0. The third-order valence-corrected chi connectivity index (χ3v) is 3.96. The van der Waals surface area contributed by atoms with Crippen molar-refractivity contribution in [2.75, 3.05) is 4.90 Å². The Morgan fingerprint density at radius 1 is 1.20 bits per heavy atom. The Kier molecular flexibility index (Phi) is 3.22. The lowest BCUT2D eigenvalue weighted by atomic mass is 10.1. The van der Waals surface area contributed by atoms with Gasteiger partial charge in [0.15, 0.2) is 0 Å². The van der Waals surface area contributed by atoms with E-state index in [2.05, 4.69) is 24.0 Å². The van der Waals surface area contributed by atoms with Crippen molar-refractivity contribution in [3.8, 4) is 0 Å². The van der Waals surface area contributed by atoms with E-state index in [1.807, 2.05) is 31.2 Å². The van der Waals surface area contributed by atoms with Gasteiger partial charge in [0.05, 0.1) is 5.69 Å². The van der Waals surface area contributed by atoms with Crippen molar-refractivity contribution in [1.29, 1.82) is 0 Å². The first-order chi connectivity index (χ1) is 9.58. The van der Waals surface area contributed by atoms with E-state index in [0.29, 0.717) is 5.69 Å². The number of rotatable bonds is 2. The van der Waals surface area contributed by atoms with Gasteiger partial charge in [0.2, 0.25) is 0 Å². The SMILES string of the molecule is CC1Cc2ccccc2N1c1ccc([C@@H](C)N)cc1F. The van der Waals surface area contributed by atoms with Crippen LogP contribution in [0.25, 0.3) is 0 Å². The van der Waals surface area contributed by atoms with Gasteiger partial charge < -0.3 is 10.6 Å². The average molecular weight is 270 g/mol. The van der Waals surface area contributed by atoms with Gasteiger partial charge in [-0.3, -0.25) is 0 Å². The van der Waals surface area contributed by atoms with Gasteiger partial charge >= 0.3 is 0 Å². The number of nitrogens with two attached hydrogens (primary N) is 1. The van der Waals surface area contributed by atoms with Gasteiger partial charge in [-0.1, -0.05) is 24.3 Å². The molecule has 0 fully saturated rings. The van der Waals surface area contributed by atoms with Crippen molar-refractivity contribution in [1.82, 2.24) is 0 Å². The Morgan fingerprint density at radius 2 is 1.95 bits per heavy atom. The van der Waals surface area contributed by atoms with Crippen molar-refractivity contribution >= 4 is 11.4 Å². The lowest BCUT2D eigenvalue weighted by Gasteiger charge is -2.26. The lowest BCUT2D eigenvalue weighted by Crippen LogP contribution is -2.25. The largest absolute Gasteiger partial charge is 0.336 e. The maximum Gasteiger partial charge on any atom is 0.147 e. The van der Waals surface area contributed by atoms with Crippen LogP contribution in [0.3, 0.4) is 0 Å². The van der Waals surface area contributed by atoms with E-state index in [0.717, 1.165) is 17.7 Å². The van der Waals surface area contributed by atoms with E-state index in [9.17, 15) is 4.39 Å². The highest BCUT2D eigenvalue weighted by Gasteiger charge is 2.28. The summed E-state index contributed by atoms with van der Waals surface area (Å²) in [6.45, 7) is 3.99. The van der Waals surface area contributed by atoms with E-state index in [-0.39, 0.29) is 17.9 Å². The number of hydrogen-bond acceptors (Lipinski definition) is 2. The molecule has 2 aromatic carbocycles. The molecule has 2 aromatic rings. The molecule has 0 aliphatic carbocycles. The van der Waals surface area contributed by atoms with E-state index in [1.54, 1.807) is 6.07 Å². The molecular weight excluding hydrogens is 251 g/mol.